The Morgan fingerprint density at radius 1 is 0.968 bits per heavy atom. The second-order valence-corrected chi connectivity index (χ2v) is 10.5. The zero-order chi connectivity index (χ0) is 22.6. The number of benzene rings is 3. The molecular weight excluding hydrogens is 554 g/mol. The SMILES string of the molecule is COP(=O)(O)COc1cc(Br)c(Cc2ccc(O)c(Cc3ccc(F)cc3)c2)c(Br)c1. The summed E-state index contributed by atoms with van der Waals surface area (Å²) in [6.07, 6.45) is 0.594. The molecule has 5 nitrogen and oxygen atoms in total. The van der Waals surface area contributed by atoms with Gasteiger partial charge in [0.25, 0.3) is 0 Å². The summed E-state index contributed by atoms with van der Waals surface area (Å²) in [4.78, 5) is 9.49. The van der Waals surface area contributed by atoms with Crippen molar-refractivity contribution in [1.29, 1.82) is 0 Å². The highest BCUT2D eigenvalue weighted by atomic mass is 79.9. The molecule has 3 aromatic carbocycles. The van der Waals surface area contributed by atoms with E-state index in [2.05, 4.69) is 36.4 Å². The normalized spacial score (nSPS) is 13.1. The molecule has 3 rings (SSSR count). The predicted octanol–water partition coefficient (Wildman–Crippen LogP) is 6.41. The fourth-order valence-corrected chi connectivity index (χ4v) is 4.80. The van der Waals surface area contributed by atoms with Crippen LogP contribution in [0, 0.1) is 5.82 Å². The van der Waals surface area contributed by atoms with Crippen molar-refractivity contribution in [2.24, 2.45) is 0 Å². The second kappa shape index (κ2) is 10.3. The number of phenols is 1. The summed E-state index contributed by atoms with van der Waals surface area (Å²) in [5.74, 6) is 0.297. The van der Waals surface area contributed by atoms with Gasteiger partial charge in [-0.2, -0.15) is 0 Å². The number of hydrogen-bond acceptors (Lipinski definition) is 4. The van der Waals surface area contributed by atoms with Crippen molar-refractivity contribution in [3.63, 3.8) is 0 Å². The zero-order valence-corrected chi connectivity index (χ0v) is 20.6. The van der Waals surface area contributed by atoms with Crippen molar-refractivity contribution in [2.75, 3.05) is 13.5 Å². The molecule has 0 aliphatic rings. The molecule has 3 aromatic rings. The summed E-state index contributed by atoms with van der Waals surface area (Å²) in [6, 6.07) is 15.0. The molecule has 0 fully saturated rings. The lowest BCUT2D eigenvalue weighted by Crippen LogP contribution is -2.01. The number of ether oxygens (including phenoxy) is 1. The van der Waals surface area contributed by atoms with Crippen LogP contribution in [0.15, 0.2) is 63.5 Å². The molecule has 0 heterocycles. The predicted molar refractivity (Wildman–Crippen MR) is 124 cm³/mol. The summed E-state index contributed by atoms with van der Waals surface area (Å²) >= 11 is 7.06. The number of rotatable bonds is 8. The lowest BCUT2D eigenvalue weighted by Gasteiger charge is -2.14. The van der Waals surface area contributed by atoms with E-state index in [-0.39, 0.29) is 11.6 Å². The van der Waals surface area contributed by atoms with E-state index in [1.807, 2.05) is 12.1 Å². The first-order chi connectivity index (χ1) is 14.7. The highest BCUT2D eigenvalue weighted by Gasteiger charge is 2.19. The number of aromatic hydroxyl groups is 1. The molecular formula is C22H20Br2FO5P. The van der Waals surface area contributed by atoms with E-state index in [1.165, 1.54) is 12.1 Å². The zero-order valence-electron chi connectivity index (χ0n) is 16.5. The van der Waals surface area contributed by atoms with E-state index in [0.29, 0.717) is 18.6 Å². The van der Waals surface area contributed by atoms with Crippen LogP contribution in [0.4, 0.5) is 4.39 Å². The first kappa shape index (κ1) is 24.0. The Hall–Kier alpha value is -1.70. The van der Waals surface area contributed by atoms with Crippen LogP contribution in [0.3, 0.4) is 0 Å². The third-order valence-corrected chi connectivity index (χ3v) is 7.07. The van der Waals surface area contributed by atoms with Gasteiger partial charge in [0.05, 0.1) is 0 Å². The van der Waals surface area contributed by atoms with Crippen LogP contribution < -0.4 is 4.74 Å². The monoisotopic (exact) mass is 572 g/mol. The lowest BCUT2D eigenvalue weighted by atomic mass is 9.98. The lowest BCUT2D eigenvalue weighted by molar-refractivity contribution is 0.268. The van der Waals surface area contributed by atoms with E-state index in [4.69, 9.17) is 4.74 Å². The molecule has 0 aliphatic carbocycles. The van der Waals surface area contributed by atoms with Crippen LogP contribution in [-0.2, 0) is 21.9 Å². The van der Waals surface area contributed by atoms with E-state index >= 15 is 0 Å². The maximum atomic E-state index is 13.1. The molecule has 0 bridgehead atoms. The standard InChI is InChI=1S/C22H20Br2FO5P/c1-29-31(27,28)13-30-18-11-20(23)19(21(24)12-18)10-15-4-7-22(26)16(9-15)8-14-2-5-17(25)6-3-14/h2-7,9,11-12,26H,8,10,13H2,1H3,(H,27,28). The van der Waals surface area contributed by atoms with Crippen LogP contribution in [0.2, 0.25) is 0 Å². The van der Waals surface area contributed by atoms with Crippen LogP contribution in [0.1, 0.15) is 22.3 Å². The third kappa shape index (κ3) is 6.64. The highest BCUT2D eigenvalue weighted by Crippen LogP contribution is 2.41. The average molecular weight is 574 g/mol. The van der Waals surface area contributed by atoms with Gasteiger partial charge >= 0.3 is 7.60 Å². The van der Waals surface area contributed by atoms with Gasteiger partial charge in [-0.15, -0.1) is 0 Å². The van der Waals surface area contributed by atoms with Crippen molar-refractivity contribution < 1.29 is 28.2 Å². The van der Waals surface area contributed by atoms with E-state index in [9.17, 15) is 19.0 Å². The highest BCUT2D eigenvalue weighted by molar-refractivity contribution is 9.11. The van der Waals surface area contributed by atoms with Crippen molar-refractivity contribution in [2.45, 2.75) is 12.8 Å². The average Bonchev–Trinajstić information content (AvgIpc) is 2.73. The van der Waals surface area contributed by atoms with E-state index < -0.39 is 13.9 Å². The summed E-state index contributed by atoms with van der Waals surface area (Å²) in [5.41, 5.74) is 3.57. The fraction of sp³-hybridized carbons (Fsp3) is 0.182. The Balaban J connectivity index is 1.79. The van der Waals surface area contributed by atoms with Gasteiger partial charge in [-0.25, -0.2) is 4.39 Å². The van der Waals surface area contributed by atoms with Crippen LogP contribution in [0.25, 0.3) is 0 Å². The Bertz CT molecular complexity index is 1100. The van der Waals surface area contributed by atoms with Crippen LogP contribution in [0.5, 0.6) is 11.5 Å². The van der Waals surface area contributed by atoms with Crippen LogP contribution >= 0.6 is 39.5 Å². The molecule has 0 saturated heterocycles. The Morgan fingerprint density at radius 3 is 2.19 bits per heavy atom. The van der Waals surface area contributed by atoms with E-state index in [1.54, 1.807) is 30.3 Å². The molecule has 0 spiro atoms. The topological polar surface area (TPSA) is 76.0 Å². The molecule has 0 saturated carbocycles. The smallest absolute Gasteiger partial charge is 0.364 e. The molecule has 0 aliphatic heterocycles. The second-order valence-electron chi connectivity index (χ2n) is 6.90. The largest absolute Gasteiger partial charge is 0.508 e. The molecule has 164 valence electrons. The first-order valence-corrected chi connectivity index (χ1v) is 12.6. The van der Waals surface area contributed by atoms with Gasteiger partial charge in [0, 0.05) is 22.5 Å². The third-order valence-electron chi connectivity index (χ3n) is 4.63. The molecule has 2 N–H and O–H groups in total. The van der Waals surface area contributed by atoms with Crippen molar-refractivity contribution >= 4 is 39.5 Å². The fourth-order valence-electron chi connectivity index (χ4n) is 2.96. The maximum Gasteiger partial charge on any atom is 0.364 e. The summed E-state index contributed by atoms with van der Waals surface area (Å²) in [6.45, 7) is 0. The molecule has 31 heavy (non-hydrogen) atoms. The number of hydrogen-bond donors (Lipinski definition) is 2. The van der Waals surface area contributed by atoms with Crippen LogP contribution in [-0.4, -0.2) is 23.5 Å². The molecule has 1 unspecified atom stereocenters. The molecule has 0 radical (unpaired) electrons. The van der Waals surface area contributed by atoms with Gasteiger partial charge in [0.2, 0.25) is 0 Å². The van der Waals surface area contributed by atoms with Gasteiger partial charge in [-0.3, -0.25) is 4.57 Å². The molecule has 0 amide bonds. The molecule has 1 atom stereocenters. The van der Waals surface area contributed by atoms with Gasteiger partial charge in [0.15, 0.2) is 6.35 Å². The minimum Gasteiger partial charge on any atom is -0.508 e. The minimum atomic E-state index is -3.78. The Kier molecular flexibility index (Phi) is 7.94. The Labute approximate surface area is 196 Å². The van der Waals surface area contributed by atoms with E-state index in [0.717, 1.165) is 38.3 Å². The summed E-state index contributed by atoms with van der Waals surface area (Å²) in [7, 11) is -2.62. The van der Waals surface area contributed by atoms with Crippen molar-refractivity contribution in [3.8, 4) is 11.5 Å². The minimum absolute atomic E-state index is 0.182. The number of phenolic OH excluding ortho intramolecular Hbond substituents is 1. The molecule has 9 heteroatoms. The first-order valence-electron chi connectivity index (χ1n) is 9.20. The van der Waals surface area contributed by atoms with Gasteiger partial charge < -0.3 is 19.3 Å². The van der Waals surface area contributed by atoms with Gasteiger partial charge in [-0.1, -0.05) is 56.1 Å². The number of halogens is 3. The van der Waals surface area contributed by atoms with Gasteiger partial charge in [-0.05, 0) is 59.0 Å². The summed E-state index contributed by atoms with van der Waals surface area (Å²) < 4.78 is 36.1. The Morgan fingerprint density at radius 2 is 1.58 bits per heavy atom. The van der Waals surface area contributed by atoms with Gasteiger partial charge in [0.1, 0.15) is 17.3 Å². The molecule has 0 aromatic heterocycles. The summed E-state index contributed by atoms with van der Waals surface area (Å²) in [5, 5.41) is 10.2. The van der Waals surface area contributed by atoms with Crippen molar-refractivity contribution in [3.05, 3.63) is 91.6 Å². The quantitative estimate of drug-likeness (QED) is 0.305. The maximum absolute atomic E-state index is 13.1. The van der Waals surface area contributed by atoms with Crippen molar-refractivity contribution in [1.82, 2.24) is 0 Å².